The molecule has 0 rings (SSSR count). The van der Waals surface area contributed by atoms with Crippen LogP contribution in [0.1, 0.15) is 71.1 Å². The van der Waals surface area contributed by atoms with E-state index in [1.54, 1.807) is 0 Å². The van der Waals surface area contributed by atoms with Crippen LogP contribution in [-0.4, -0.2) is 19.5 Å². The summed E-state index contributed by atoms with van der Waals surface area (Å²) in [7, 11) is -4.23. The summed E-state index contributed by atoms with van der Waals surface area (Å²) >= 11 is 0. The van der Waals surface area contributed by atoms with Crippen molar-refractivity contribution in [1.82, 2.24) is 4.72 Å². The summed E-state index contributed by atoms with van der Waals surface area (Å²) in [4.78, 5) is 0. The molecule has 0 bridgehead atoms. The molecule has 0 aliphatic rings. The van der Waals surface area contributed by atoms with Gasteiger partial charge in [0.15, 0.2) is 10.3 Å². The van der Waals surface area contributed by atoms with Crippen molar-refractivity contribution in [2.24, 2.45) is 0 Å². The average molecular weight is 287 g/mol. The minimum Gasteiger partial charge on any atom is -0.735 e. The Balaban J connectivity index is 0. The van der Waals surface area contributed by atoms with Crippen molar-refractivity contribution >= 4 is 10.3 Å². The summed E-state index contributed by atoms with van der Waals surface area (Å²) in [5.74, 6) is 0. The predicted molar refractivity (Wildman–Crippen MR) is 69.5 cm³/mol. The first kappa shape index (κ1) is 21.2. The molecule has 6 heteroatoms. The van der Waals surface area contributed by atoms with Gasteiger partial charge in [0.25, 0.3) is 0 Å². The van der Waals surface area contributed by atoms with Crippen molar-refractivity contribution in [2.75, 3.05) is 6.54 Å². The van der Waals surface area contributed by atoms with Crippen molar-refractivity contribution in [2.45, 2.75) is 71.1 Å². The van der Waals surface area contributed by atoms with Crippen LogP contribution in [-0.2, 0) is 10.3 Å². The molecule has 0 aliphatic heterocycles. The van der Waals surface area contributed by atoms with Crippen LogP contribution in [0.2, 0.25) is 0 Å². The zero-order valence-corrected chi connectivity index (χ0v) is 14.7. The molecule has 0 aliphatic carbocycles. The zero-order valence-electron chi connectivity index (χ0n) is 11.9. The van der Waals surface area contributed by atoms with E-state index < -0.39 is 10.3 Å². The van der Waals surface area contributed by atoms with Gasteiger partial charge in [-0.1, -0.05) is 64.7 Å². The summed E-state index contributed by atoms with van der Waals surface area (Å²) in [5.41, 5.74) is 0. The summed E-state index contributed by atoms with van der Waals surface area (Å²) in [6.07, 6.45) is 12.0. The molecule has 0 amide bonds. The second-order valence-electron chi connectivity index (χ2n) is 4.53. The number of nitrogens with one attached hydrogen (secondary N) is 1. The molecule has 0 radical (unpaired) electrons. The Bertz CT molecular complexity index is 258. The van der Waals surface area contributed by atoms with Gasteiger partial charge in [-0.15, -0.1) is 0 Å². The maximum absolute atomic E-state index is 10.2. The van der Waals surface area contributed by atoms with Gasteiger partial charge in [-0.2, -0.15) is 0 Å². The molecule has 18 heavy (non-hydrogen) atoms. The third-order valence-corrected chi connectivity index (χ3v) is 3.37. The first-order valence-corrected chi connectivity index (χ1v) is 8.17. The maximum atomic E-state index is 10.2. The monoisotopic (exact) mass is 287 g/mol. The van der Waals surface area contributed by atoms with Gasteiger partial charge in [0.1, 0.15) is 0 Å². The quantitative estimate of drug-likeness (QED) is 0.311. The van der Waals surface area contributed by atoms with Gasteiger partial charge in [0.2, 0.25) is 0 Å². The van der Waals surface area contributed by atoms with Crippen LogP contribution in [0.5, 0.6) is 0 Å². The van der Waals surface area contributed by atoms with Gasteiger partial charge in [-0.25, -0.2) is 13.1 Å². The minimum atomic E-state index is -4.23. The standard InChI is InChI=1S/C12H27NO3S.Na/c1-2-3-4-5-6-7-8-9-10-11-12-13-17(14,15)16;/h13H,2-12H2,1H3,(H,14,15,16);/q;+1/p-1. The molecule has 0 aromatic carbocycles. The van der Waals surface area contributed by atoms with Crippen LogP contribution < -0.4 is 34.3 Å². The minimum absolute atomic E-state index is 0. The van der Waals surface area contributed by atoms with Crippen LogP contribution in [0.15, 0.2) is 0 Å². The van der Waals surface area contributed by atoms with E-state index >= 15 is 0 Å². The van der Waals surface area contributed by atoms with Crippen molar-refractivity contribution in [3.8, 4) is 0 Å². The average Bonchev–Trinajstić information content (AvgIpc) is 2.24. The van der Waals surface area contributed by atoms with E-state index in [4.69, 9.17) is 0 Å². The molecule has 0 atom stereocenters. The molecule has 0 aromatic heterocycles. The summed E-state index contributed by atoms with van der Waals surface area (Å²) in [5, 5.41) is 0. The largest absolute Gasteiger partial charge is 1.00 e. The number of hydrogen-bond donors (Lipinski definition) is 1. The van der Waals surface area contributed by atoms with Crippen LogP contribution in [0.25, 0.3) is 0 Å². The molecular weight excluding hydrogens is 261 g/mol. The summed E-state index contributed by atoms with van der Waals surface area (Å²) in [6, 6.07) is 0. The Labute approximate surface area is 134 Å². The molecule has 0 heterocycles. The number of hydrogen-bond acceptors (Lipinski definition) is 3. The van der Waals surface area contributed by atoms with Gasteiger partial charge >= 0.3 is 29.6 Å². The molecule has 0 fully saturated rings. The smallest absolute Gasteiger partial charge is 0.735 e. The molecule has 4 nitrogen and oxygen atoms in total. The van der Waals surface area contributed by atoms with E-state index in [1.165, 1.54) is 44.9 Å². The van der Waals surface area contributed by atoms with Crippen molar-refractivity contribution in [3.63, 3.8) is 0 Å². The van der Waals surface area contributed by atoms with Gasteiger partial charge < -0.3 is 4.55 Å². The van der Waals surface area contributed by atoms with Crippen LogP contribution in [0, 0.1) is 0 Å². The van der Waals surface area contributed by atoms with E-state index in [0.29, 0.717) is 0 Å². The molecule has 1 N–H and O–H groups in total. The van der Waals surface area contributed by atoms with Crippen LogP contribution >= 0.6 is 0 Å². The van der Waals surface area contributed by atoms with Crippen LogP contribution in [0.4, 0.5) is 0 Å². The second kappa shape index (κ2) is 14.3. The van der Waals surface area contributed by atoms with Crippen molar-refractivity contribution < 1.29 is 42.5 Å². The first-order valence-electron chi connectivity index (χ1n) is 6.76. The SMILES string of the molecule is CCCCCCCCCCCCNS(=O)(=O)[O-].[Na+]. The topological polar surface area (TPSA) is 69.2 Å². The Morgan fingerprint density at radius 2 is 1.22 bits per heavy atom. The number of rotatable bonds is 12. The van der Waals surface area contributed by atoms with E-state index in [1.807, 2.05) is 4.72 Å². The Morgan fingerprint density at radius 3 is 1.61 bits per heavy atom. The second-order valence-corrected chi connectivity index (χ2v) is 5.73. The number of unbranched alkanes of at least 4 members (excludes halogenated alkanes) is 9. The summed E-state index contributed by atoms with van der Waals surface area (Å²) < 4.78 is 32.6. The summed E-state index contributed by atoms with van der Waals surface area (Å²) in [6.45, 7) is 2.50. The Hall–Kier alpha value is 0.870. The van der Waals surface area contributed by atoms with Gasteiger partial charge in [0.05, 0.1) is 0 Å². The predicted octanol–water partition coefficient (Wildman–Crippen LogP) is -0.0389. The van der Waals surface area contributed by atoms with Crippen molar-refractivity contribution in [3.05, 3.63) is 0 Å². The van der Waals surface area contributed by atoms with E-state index in [2.05, 4.69) is 6.92 Å². The molecule has 0 saturated carbocycles. The van der Waals surface area contributed by atoms with Gasteiger partial charge in [-0.3, -0.25) is 0 Å². The molecule has 104 valence electrons. The molecule has 0 aromatic rings. The fourth-order valence-electron chi connectivity index (χ4n) is 1.81. The van der Waals surface area contributed by atoms with E-state index in [-0.39, 0.29) is 36.1 Å². The third kappa shape index (κ3) is 19.2. The molecule has 0 saturated heterocycles. The van der Waals surface area contributed by atoms with E-state index in [0.717, 1.165) is 19.3 Å². The molecule has 0 unspecified atom stereocenters. The molecular formula is C12H26NNaO3S. The zero-order chi connectivity index (χ0) is 13.0. The Morgan fingerprint density at radius 1 is 0.833 bits per heavy atom. The maximum Gasteiger partial charge on any atom is 1.00 e. The van der Waals surface area contributed by atoms with Gasteiger partial charge in [0, 0.05) is 6.54 Å². The Kier molecular flexibility index (Phi) is 16.8. The van der Waals surface area contributed by atoms with Crippen molar-refractivity contribution in [1.29, 1.82) is 0 Å². The fraction of sp³-hybridized carbons (Fsp3) is 1.00. The third-order valence-electron chi connectivity index (χ3n) is 2.81. The van der Waals surface area contributed by atoms with Crippen LogP contribution in [0.3, 0.4) is 0 Å². The van der Waals surface area contributed by atoms with E-state index in [9.17, 15) is 13.0 Å². The fourth-order valence-corrected chi connectivity index (χ4v) is 2.20. The van der Waals surface area contributed by atoms with Gasteiger partial charge in [-0.05, 0) is 6.42 Å². The normalized spacial score (nSPS) is 11.2. The molecule has 0 spiro atoms. The first-order chi connectivity index (χ1) is 8.06.